The number of Topliss-reactive ketones (excluding diaryl/α,β-unsaturated/α-hetero) is 1. The minimum atomic E-state index is -5.66. The second-order valence-corrected chi connectivity index (χ2v) is 8.45. The van der Waals surface area contributed by atoms with E-state index in [0.717, 1.165) is 25.7 Å². The number of fused-ring (bicyclic) bond motifs is 9. The number of rotatable bonds is 5. The van der Waals surface area contributed by atoms with Gasteiger partial charge in [0.2, 0.25) is 0 Å². The molecule has 0 amide bonds. The molecular formula is C18H19F5O4. The van der Waals surface area contributed by atoms with Crippen molar-refractivity contribution in [1.29, 1.82) is 0 Å². The van der Waals surface area contributed by atoms with Crippen LogP contribution in [-0.2, 0) is 19.1 Å². The van der Waals surface area contributed by atoms with Crippen LogP contribution in [0.5, 0.6) is 0 Å². The summed E-state index contributed by atoms with van der Waals surface area (Å²) >= 11 is 0. The Balaban J connectivity index is 1.51. The van der Waals surface area contributed by atoms with E-state index in [1.54, 1.807) is 0 Å². The van der Waals surface area contributed by atoms with Gasteiger partial charge < -0.3 is 4.74 Å². The van der Waals surface area contributed by atoms with Crippen molar-refractivity contribution >= 4 is 18.0 Å². The maximum absolute atomic E-state index is 13.8. The average Bonchev–Trinajstić information content (AvgIpc) is 3.35. The number of alkyl halides is 5. The molecular weight excluding hydrogens is 375 g/mol. The first-order chi connectivity index (χ1) is 12.6. The normalized spacial score (nSPS) is 40.7. The van der Waals surface area contributed by atoms with E-state index in [4.69, 9.17) is 0 Å². The number of halogens is 5. The van der Waals surface area contributed by atoms with Crippen molar-refractivity contribution in [3.05, 3.63) is 0 Å². The van der Waals surface area contributed by atoms with Crippen molar-refractivity contribution in [3.63, 3.8) is 0 Å². The smallest absolute Gasteiger partial charge is 0.432 e. The summed E-state index contributed by atoms with van der Waals surface area (Å²) in [7, 11) is 0. The molecule has 0 spiro atoms. The van der Waals surface area contributed by atoms with Gasteiger partial charge in [-0.1, -0.05) is 0 Å². The number of aldehydes is 1. The molecule has 4 nitrogen and oxygen atoms in total. The number of hydrogen-bond donors (Lipinski definition) is 0. The van der Waals surface area contributed by atoms with Crippen molar-refractivity contribution in [2.45, 2.75) is 50.3 Å². The first-order valence-electron chi connectivity index (χ1n) is 9.20. The van der Waals surface area contributed by atoms with E-state index in [9.17, 15) is 36.3 Å². The lowest BCUT2D eigenvalue weighted by Gasteiger charge is -2.38. The highest BCUT2D eigenvalue weighted by Crippen LogP contribution is 2.69. The summed E-state index contributed by atoms with van der Waals surface area (Å²) < 4.78 is 70.9. The first kappa shape index (κ1) is 18.8. The van der Waals surface area contributed by atoms with Crippen LogP contribution in [0.4, 0.5) is 22.0 Å². The molecule has 4 saturated carbocycles. The molecule has 0 aromatic rings. The van der Waals surface area contributed by atoms with Crippen LogP contribution in [0.2, 0.25) is 0 Å². The van der Waals surface area contributed by atoms with Gasteiger partial charge >= 0.3 is 18.1 Å². The summed E-state index contributed by atoms with van der Waals surface area (Å²) in [6.45, 7) is 0. The molecule has 150 valence electrons. The van der Waals surface area contributed by atoms with Crippen LogP contribution in [0.3, 0.4) is 0 Å². The van der Waals surface area contributed by atoms with Gasteiger partial charge in [0.05, 0.1) is 5.92 Å². The van der Waals surface area contributed by atoms with Crippen molar-refractivity contribution in [2.75, 3.05) is 0 Å². The highest BCUT2D eigenvalue weighted by Gasteiger charge is 2.66. The van der Waals surface area contributed by atoms with Crippen molar-refractivity contribution < 1.29 is 41.1 Å². The van der Waals surface area contributed by atoms with Crippen LogP contribution in [0.15, 0.2) is 0 Å². The fourth-order valence-corrected chi connectivity index (χ4v) is 6.59. The monoisotopic (exact) mass is 394 g/mol. The van der Waals surface area contributed by atoms with Gasteiger partial charge in [0, 0.05) is 0 Å². The largest absolute Gasteiger partial charge is 0.445 e. The lowest BCUT2D eigenvalue weighted by Crippen LogP contribution is -2.53. The van der Waals surface area contributed by atoms with Crippen LogP contribution in [0.1, 0.15) is 32.1 Å². The molecule has 0 heterocycles. The Morgan fingerprint density at radius 2 is 1.56 bits per heavy atom. The van der Waals surface area contributed by atoms with E-state index in [0.29, 0.717) is 24.2 Å². The Morgan fingerprint density at radius 1 is 0.926 bits per heavy atom. The van der Waals surface area contributed by atoms with E-state index in [1.165, 1.54) is 0 Å². The molecule has 0 aliphatic heterocycles. The number of carbonyl (C=O) groups excluding carboxylic acids is 3. The standard InChI is InChI=1S/C18H19F5O4/c19-17(20,12(25)6-24)16(18(21,22)23)27-15(26)11-5-9-4-10(11)14-8-2-1-7(3-8)13(9)14/h6-11,13-14,16H,1-5H2. The van der Waals surface area contributed by atoms with Gasteiger partial charge in [0.25, 0.3) is 11.9 Å². The number of ether oxygens (including phenoxy) is 1. The fraction of sp³-hybridized carbons (Fsp3) is 0.833. The summed E-state index contributed by atoms with van der Waals surface area (Å²) in [6, 6.07) is 0. The number of ketones is 1. The highest BCUT2D eigenvalue weighted by atomic mass is 19.4. The molecule has 8 atom stereocenters. The summed E-state index contributed by atoms with van der Waals surface area (Å²) in [4.78, 5) is 33.7. The number of carbonyl (C=O) groups is 3. The molecule has 0 N–H and O–H groups in total. The van der Waals surface area contributed by atoms with Gasteiger partial charge in [-0.15, -0.1) is 0 Å². The Bertz CT molecular complexity index is 675. The summed E-state index contributed by atoms with van der Waals surface area (Å²) in [5.41, 5.74) is 0. The molecule has 0 aromatic carbocycles. The Labute approximate surface area is 151 Å². The molecule has 0 aromatic heterocycles. The lowest BCUT2D eigenvalue weighted by molar-refractivity contribution is -0.272. The van der Waals surface area contributed by atoms with Gasteiger partial charge in [-0.2, -0.15) is 22.0 Å². The topological polar surface area (TPSA) is 60.4 Å². The van der Waals surface area contributed by atoms with Gasteiger partial charge in [-0.3, -0.25) is 14.4 Å². The Morgan fingerprint density at radius 3 is 2.15 bits per heavy atom. The number of esters is 1. The highest BCUT2D eigenvalue weighted by molar-refractivity contribution is 6.28. The molecule has 27 heavy (non-hydrogen) atoms. The van der Waals surface area contributed by atoms with Gasteiger partial charge in [-0.05, 0) is 67.6 Å². The maximum atomic E-state index is 13.8. The van der Waals surface area contributed by atoms with Crippen molar-refractivity contribution in [3.8, 4) is 0 Å². The zero-order chi connectivity index (χ0) is 19.7. The van der Waals surface area contributed by atoms with E-state index in [2.05, 4.69) is 4.74 Å². The SMILES string of the molecule is O=CC(=O)C(F)(F)C(OC(=O)C1CC2CC1C1C3CCC(C3)C21)C(F)(F)F. The third-order valence-electron chi connectivity index (χ3n) is 7.33. The van der Waals surface area contributed by atoms with E-state index in [1.807, 2.05) is 0 Å². The second-order valence-electron chi connectivity index (χ2n) is 8.45. The van der Waals surface area contributed by atoms with Crippen molar-refractivity contribution in [2.24, 2.45) is 41.4 Å². The van der Waals surface area contributed by atoms with Gasteiger partial charge in [-0.25, -0.2) is 0 Å². The Hall–Kier alpha value is -1.54. The number of hydrogen-bond acceptors (Lipinski definition) is 4. The van der Waals surface area contributed by atoms with Crippen LogP contribution in [0, 0.1) is 41.4 Å². The molecule has 9 heteroatoms. The summed E-state index contributed by atoms with van der Waals surface area (Å²) in [5.74, 6) is -7.93. The average molecular weight is 394 g/mol. The summed E-state index contributed by atoms with van der Waals surface area (Å²) in [6.07, 6.45) is -6.12. The second kappa shape index (κ2) is 5.98. The van der Waals surface area contributed by atoms with E-state index in [-0.39, 0.29) is 17.8 Å². The molecule has 4 aliphatic rings. The molecule has 4 rings (SSSR count). The van der Waals surface area contributed by atoms with Crippen LogP contribution in [-0.4, -0.2) is 36.2 Å². The predicted octanol–water partition coefficient (Wildman–Crippen LogP) is 3.18. The zero-order valence-corrected chi connectivity index (χ0v) is 14.3. The molecule has 8 unspecified atom stereocenters. The molecule has 4 fully saturated rings. The van der Waals surface area contributed by atoms with Crippen molar-refractivity contribution in [1.82, 2.24) is 0 Å². The summed E-state index contributed by atoms with van der Waals surface area (Å²) in [5, 5.41) is 0. The molecule has 0 radical (unpaired) electrons. The molecule has 0 saturated heterocycles. The van der Waals surface area contributed by atoms with Gasteiger partial charge in [0.15, 0.2) is 6.29 Å². The third-order valence-corrected chi connectivity index (χ3v) is 7.33. The molecule has 4 aliphatic carbocycles. The van der Waals surface area contributed by atoms with E-state index >= 15 is 0 Å². The third kappa shape index (κ3) is 2.71. The minimum Gasteiger partial charge on any atom is -0.445 e. The predicted molar refractivity (Wildman–Crippen MR) is 79.5 cm³/mol. The lowest BCUT2D eigenvalue weighted by atomic mass is 9.67. The van der Waals surface area contributed by atoms with Crippen LogP contribution >= 0.6 is 0 Å². The fourth-order valence-electron chi connectivity index (χ4n) is 6.59. The van der Waals surface area contributed by atoms with Crippen LogP contribution < -0.4 is 0 Å². The maximum Gasteiger partial charge on any atom is 0.432 e. The zero-order valence-electron chi connectivity index (χ0n) is 14.3. The minimum absolute atomic E-state index is 0.132. The quantitative estimate of drug-likeness (QED) is 0.236. The van der Waals surface area contributed by atoms with Crippen LogP contribution in [0.25, 0.3) is 0 Å². The van der Waals surface area contributed by atoms with E-state index < -0.39 is 42.2 Å². The Kier molecular flexibility index (Phi) is 4.16. The first-order valence-corrected chi connectivity index (χ1v) is 9.20. The molecule has 4 bridgehead atoms. The van der Waals surface area contributed by atoms with Gasteiger partial charge in [0.1, 0.15) is 0 Å².